The summed E-state index contributed by atoms with van der Waals surface area (Å²) in [4.78, 5) is 21.1. The molecule has 1 aromatic rings. The van der Waals surface area contributed by atoms with Crippen molar-refractivity contribution in [2.24, 2.45) is 0 Å². The number of hydrogen-bond donors (Lipinski definition) is 2. The molecule has 0 saturated heterocycles. The zero-order chi connectivity index (χ0) is 15.6. The number of benzene rings is 1. The maximum Gasteiger partial charge on any atom is 0.413 e. The molecule has 1 aromatic carbocycles. The molecule has 2 N–H and O–H groups in total. The Balaban J connectivity index is 2.75. The number of carbonyl (C=O) groups is 2. The van der Waals surface area contributed by atoms with Crippen molar-refractivity contribution in [3.05, 3.63) is 33.4 Å². The van der Waals surface area contributed by atoms with Gasteiger partial charge in [-0.2, -0.15) is 17.6 Å². The molecule has 0 unspecified atom stereocenters. The molecule has 0 aliphatic carbocycles. The van der Waals surface area contributed by atoms with Crippen molar-refractivity contribution in [1.82, 2.24) is 5.32 Å². The summed E-state index contributed by atoms with van der Waals surface area (Å²) in [6, 6.07) is 6.28. The number of carboxylic acid groups (broad SMARTS) is 1. The Hall–Kier alpha value is -1.39. The van der Waals surface area contributed by atoms with Crippen molar-refractivity contribution < 1.29 is 32.3 Å². The monoisotopic (exact) mass is 405 g/mol. The van der Waals surface area contributed by atoms with Crippen LogP contribution in [-0.2, 0) is 16.1 Å². The average Bonchev–Trinajstić information content (AvgIpc) is 2.37. The normalized spacial score (nSPS) is 12.1. The first kappa shape index (κ1) is 16.7. The first-order valence-electron chi connectivity index (χ1n) is 5.11. The molecule has 0 spiro atoms. The molecule has 1 amide bonds. The van der Waals surface area contributed by atoms with Gasteiger partial charge in [-0.3, -0.25) is 4.79 Å². The summed E-state index contributed by atoms with van der Waals surface area (Å²) < 4.78 is 52.5. The van der Waals surface area contributed by atoms with Gasteiger partial charge in [0.25, 0.3) is 5.91 Å². The summed E-state index contributed by atoms with van der Waals surface area (Å²) in [7, 11) is 0. The van der Waals surface area contributed by atoms with Crippen LogP contribution < -0.4 is 5.32 Å². The zero-order valence-corrected chi connectivity index (χ0v) is 11.8. The molecule has 0 aliphatic rings. The van der Waals surface area contributed by atoms with Gasteiger partial charge in [0.05, 0.1) is 0 Å². The maximum absolute atomic E-state index is 13.1. The Morgan fingerprint density at radius 1 is 1.10 bits per heavy atom. The van der Waals surface area contributed by atoms with Crippen LogP contribution in [-0.4, -0.2) is 28.8 Å². The largest absolute Gasteiger partial charge is 0.477 e. The van der Waals surface area contributed by atoms with Crippen molar-refractivity contribution in [2.75, 3.05) is 0 Å². The highest BCUT2D eigenvalue weighted by atomic mass is 127. The minimum atomic E-state index is -5.47. The third-order valence-corrected chi connectivity index (χ3v) is 3.03. The number of carboxylic acids is 1. The molecule has 0 aliphatic heterocycles. The fourth-order valence-electron chi connectivity index (χ4n) is 1.17. The standard InChI is InChI=1S/C11H8F4INO3/c12-10(13,11(14,15)9(19)20)8(18)17-5-6-1-3-7(16)4-2-6/h1-4H,5H2,(H,17,18)(H,19,20). The number of alkyl halides is 4. The number of aliphatic carboxylic acids is 1. The molecule has 0 saturated carbocycles. The number of rotatable bonds is 5. The Bertz CT molecular complexity index is 519. The van der Waals surface area contributed by atoms with Crippen LogP contribution in [0.25, 0.3) is 0 Å². The van der Waals surface area contributed by atoms with E-state index in [2.05, 4.69) is 0 Å². The van der Waals surface area contributed by atoms with Gasteiger partial charge in [0.2, 0.25) is 0 Å². The topological polar surface area (TPSA) is 66.4 Å². The smallest absolute Gasteiger partial charge is 0.413 e. The lowest BCUT2D eigenvalue weighted by atomic mass is 10.1. The molecule has 110 valence electrons. The number of carbonyl (C=O) groups excluding carboxylic acids is 1. The van der Waals surface area contributed by atoms with Crippen molar-refractivity contribution in [2.45, 2.75) is 18.4 Å². The Labute approximate surface area is 124 Å². The fraction of sp³-hybridized carbons (Fsp3) is 0.273. The quantitative estimate of drug-likeness (QED) is 0.584. The summed E-state index contributed by atoms with van der Waals surface area (Å²) in [6.07, 6.45) is 0. The van der Waals surface area contributed by atoms with Gasteiger partial charge >= 0.3 is 17.8 Å². The second kappa shape index (κ2) is 5.94. The van der Waals surface area contributed by atoms with E-state index in [1.165, 1.54) is 12.1 Å². The van der Waals surface area contributed by atoms with Gasteiger partial charge in [-0.25, -0.2) is 4.79 Å². The first-order valence-corrected chi connectivity index (χ1v) is 6.18. The van der Waals surface area contributed by atoms with Gasteiger partial charge in [0.15, 0.2) is 0 Å². The molecule has 0 fully saturated rings. The molecule has 1 rings (SSSR count). The predicted octanol–water partition coefficient (Wildman–Crippen LogP) is 2.26. The summed E-state index contributed by atoms with van der Waals surface area (Å²) in [5.41, 5.74) is 0.410. The van der Waals surface area contributed by atoms with Crippen LogP contribution in [0.1, 0.15) is 5.56 Å². The van der Waals surface area contributed by atoms with Gasteiger partial charge in [0.1, 0.15) is 0 Å². The van der Waals surface area contributed by atoms with Crippen LogP contribution >= 0.6 is 22.6 Å². The van der Waals surface area contributed by atoms with Crippen molar-refractivity contribution in [3.63, 3.8) is 0 Å². The number of nitrogens with one attached hydrogen (secondary N) is 1. The van der Waals surface area contributed by atoms with E-state index in [4.69, 9.17) is 5.11 Å². The Morgan fingerprint density at radius 2 is 1.60 bits per heavy atom. The summed E-state index contributed by atoms with van der Waals surface area (Å²) in [5.74, 6) is -16.2. The minimum absolute atomic E-state index is 0.410. The van der Waals surface area contributed by atoms with E-state index in [0.717, 1.165) is 3.57 Å². The third-order valence-electron chi connectivity index (χ3n) is 2.31. The highest BCUT2D eigenvalue weighted by Crippen LogP contribution is 2.34. The highest BCUT2D eigenvalue weighted by Gasteiger charge is 2.67. The van der Waals surface area contributed by atoms with E-state index in [9.17, 15) is 27.2 Å². The van der Waals surface area contributed by atoms with E-state index in [0.29, 0.717) is 5.56 Å². The van der Waals surface area contributed by atoms with Crippen molar-refractivity contribution in [1.29, 1.82) is 0 Å². The Kier molecular flexibility index (Phi) is 4.95. The minimum Gasteiger partial charge on any atom is -0.477 e. The van der Waals surface area contributed by atoms with E-state index in [-0.39, 0.29) is 0 Å². The third kappa shape index (κ3) is 3.38. The molecule has 9 heteroatoms. The summed E-state index contributed by atoms with van der Waals surface area (Å²) >= 11 is 2.00. The number of halogens is 5. The lowest BCUT2D eigenvalue weighted by molar-refractivity contribution is -0.222. The zero-order valence-electron chi connectivity index (χ0n) is 9.67. The lowest BCUT2D eigenvalue weighted by Gasteiger charge is -2.21. The molecule has 20 heavy (non-hydrogen) atoms. The van der Waals surface area contributed by atoms with Crippen LogP contribution in [0.15, 0.2) is 24.3 Å². The van der Waals surface area contributed by atoms with Gasteiger partial charge in [-0.05, 0) is 40.3 Å². The van der Waals surface area contributed by atoms with Crippen LogP contribution in [0.4, 0.5) is 17.6 Å². The second-order valence-corrected chi connectivity index (χ2v) is 5.01. The molecule has 0 atom stereocenters. The summed E-state index contributed by atoms with van der Waals surface area (Å²) in [5, 5.41) is 9.62. The SMILES string of the molecule is O=C(O)C(F)(F)C(F)(F)C(=O)NCc1ccc(I)cc1. The van der Waals surface area contributed by atoms with Gasteiger partial charge < -0.3 is 10.4 Å². The van der Waals surface area contributed by atoms with E-state index in [1.54, 1.807) is 17.4 Å². The van der Waals surface area contributed by atoms with E-state index >= 15 is 0 Å². The fourth-order valence-corrected chi connectivity index (χ4v) is 1.53. The lowest BCUT2D eigenvalue weighted by Crippen LogP contribution is -2.56. The second-order valence-electron chi connectivity index (χ2n) is 3.76. The number of amides is 1. The van der Waals surface area contributed by atoms with Crippen LogP contribution in [0, 0.1) is 3.57 Å². The molecule has 0 radical (unpaired) electrons. The Morgan fingerprint density at radius 3 is 2.05 bits per heavy atom. The summed E-state index contributed by atoms with van der Waals surface area (Å²) in [6.45, 7) is -0.416. The molecular weight excluding hydrogens is 397 g/mol. The maximum atomic E-state index is 13.1. The van der Waals surface area contributed by atoms with Crippen molar-refractivity contribution >= 4 is 34.5 Å². The molecule has 0 aromatic heterocycles. The van der Waals surface area contributed by atoms with Gasteiger partial charge in [-0.1, -0.05) is 12.1 Å². The molecule has 0 heterocycles. The number of hydrogen-bond acceptors (Lipinski definition) is 2. The van der Waals surface area contributed by atoms with E-state index in [1.807, 2.05) is 22.6 Å². The predicted molar refractivity (Wildman–Crippen MR) is 68.5 cm³/mol. The molecular formula is C11H8F4INO3. The van der Waals surface area contributed by atoms with Crippen LogP contribution in [0.5, 0.6) is 0 Å². The van der Waals surface area contributed by atoms with Crippen LogP contribution in [0.3, 0.4) is 0 Å². The first-order chi connectivity index (χ1) is 9.09. The average molecular weight is 405 g/mol. The molecule has 4 nitrogen and oxygen atoms in total. The van der Waals surface area contributed by atoms with Gasteiger partial charge in [0, 0.05) is 10.1 Å². The van der Waals surface area contributed by atoms with Crippen molar-refractivity contribution in [3.8, 4) is 0 Å². The van der Waals surface area contributed by atoms with Crippen LogP contribution in [0.2, 0.25) is 0 Å². The highest BCUT2D eigenvalue weighted by molar-refractivity contribution is 14.1. The molecule has 0 bridgehead atoms. The van der Waals surface area contributed by atoms with E-state index < -0.39 is 30.3 Å². The van der Waals surface area contributed by atoms with Gasteiger partial charge in [-0.15, -0.1) is 0 Å².